The number of carbonyl (C=O) groups excluding carboxylic acids is 1. The molecule has 1 N–H and O–H groups in total. The lowest BCUT2D eigenvalue weighted by Crippen LogP contribution is -2.57. The van der Waals surface area contributed by atoms with Crippen LogP contribution >= 0.6 is 12.4 Å². The number of carbonyl (C=O) groups is 1. The first kappa shape index (κ1) is 21.1. The molecule has 0 bridgehead atoms. The van der Waals surface area contributed by atoms with Gasteiger partial charge in [0, 0.05) is 32.2 Å². The predicted molar refractivity (Wildman–Crippen MR) is 99.5 cm³/mol. The number of nitrogens with zero attached hydrogens (tertiary/aromatic N) is 2. The van der Waals surface area contributed by atoms with Crippen LogP contribution in [0.15, 0.2) is 17.0 Å². The van der Waals surface area contributed by atoms with Crippen molar-refractivity contribution in [3.63, 3.8) is 0 Å². The fraction of sp³-hybridized carbons (Fsp3) is 0.588. The Hall–Kier alpha value is -1.22. The molecule has 2 aliphatic heterocycles. The Labute approximate surface area is 160 Å². The third-order valence-electron chi connectivity index (χ3n) is 4.97. The molecular formula is C17H25ClFN3O3S. The van der Waals surface area contributed by atoms with Gasteiger partial charge in [0.2, 0.25) is 15.9 Å². The van der Waals surface area contributed by atoms with E-state index in [4.69, 9.17) is 0 Å². The molecule has 6 nitrogen and oxygen atoms in total. The molecule has 0 saturated carbocycles. The van der Waals surface area contributed by atoms with E-state index in [1.807, 2.05) is 0 Å². The second kappa shape index (κ2) is 8.21. The van der Waals surface area contributed by atoms with E-state index in [9.17, 15) is 17.6 Å². The van der Waals surface area contributed by atoms with Gasteiger partial charge >= 0.3 is 0 Å². The summed E-state index contributed by atoms with van der Waals surface area (Å²) in [7, 11) is -3.70. The molecule has 0 aliphatic carbocycles. The third kappa shape index (κ3) is 4.03. The van der Waals surface area contributed by atoms with E-state index in [-0.39, 0.29) is 35.1 Å². The van der Waals surface area contributed by atoms with Gasteiger partial charge < -0.3 is 10.2 Å². The van der Waals surface area contributed by atoms with Crippen molar-refractivity contribution in [3.8, 4) is 0 Å². The summed E-state index contributed by atoms with van der Waals surface area (Å²) >= 11 is 0. The molecule has 1 aromatic carbocycles. The third-order valence-corrected chi connectivity index (χ3v) is 6.82. The summed E-state index contributed by atoms with van der Waals surface area (Å²) in [6, 6.07) is 2.68. The monoisotopic (exact) mass is 405 g/mol. The molecule has 0 aromatic heterocycles. The lowest BCUT2D eigenvalue weighted by atomic mass is 10.1. The quantitative estimate of drug-likeness (QED) is 0.826. The molecule has 2 saturated heterocycles. The minimum Gasteiger partial charge on any atom is -0.336 e. The summed E-state index contributed by atoms with van der Waals surface area (Å²) in [5.41, 5.74) is 0.647. The molecule has 1 atom stereocenters. The van der Waals surface area contributed by atoms with Crippen LogP contribution in [0, 0.1) is 19.7 Å². The van der Waals surface area contributed by atoms with Crippen LogP contribution in [0.4, 0.5) is 4.39 Å². The van der Waals surface area contributed by atoms with E-state index in [1.165, 1.54) is 16.4 Å². The number of amides is 1. The molecule has 1 aromatic rings. The van der Waals surface area contributed by atoms with Crippen molar-refractivity contribution in [1.29, 1.82) is 0 Å². The topological polar surface area (TPSA) is 69.7 Å². The molecule has 0 radical (unpaired) electrons. The van der Waals surface area contributed by atoms with Gasteiger partial charge in [0.25, 0.3) is 0 Å². The van der Waals surface area contributed by atoms with Crippen LogP contribution in [0.5, 0.6) is 0 Å². The minimum atomic E-state index is -3.70. The molecule has 1 amide bonds. The van der Waals surface area contributed by atoms with E-state index < -0.39 is 10.0 Å². The van der Waals surface area contributed by atoms with Crippen molar-refractivity contribution < 1.29 is 17.6 Å². The number of sulfonamides is 1. The van der Waals surface area contributed by atoms with Crippen molar-refractivity contribution in [2.45, 2.75) is 37.6 Å². The first-order chi connectivity index (χ1) is 11.8. The van der Waals surface area contributed by atoms with Gasteiger partial charge in [-0.3, -0.25) is 4.79 Å². The summed E-state index contributed by atoms with van der Waals surface area (Å²) in [5.74, 6) is -0.356. The molecule has 0 spiro atoms. The van der Waals surface area contributed by atoms with E-state index >= 15 is 0 Å². The van der Waals surface area contributed by atoms with Crippen molar-refractivity contribution in [2.75, 3.05) is 32.7 Å². The van der Waals surface area contributed by atoms with Crippen LogP contribution in [0.1, 0.15) is 24.0 Å². The standard InChI is InChI=1S/C17H24FN3O3S.ClH/c1-12-8-15(9-13(2)17(12)18)25(23,24)20-6-3-4-14(11-20)21-7-5-19-10-16(21)22;/h8-9,14,19H,3-7,10-11H2,1-2H3;1H. The zero-order valence-corrected chi connectivity index (χ0v) is 16.6. The predicted octanol–water partition coefficient (Wildman–Crippen LogP) is 1.45. The Kier molecular flexibility index (Phi) is 6.65. The van der Waals surface area contributed by atoms with Crippen molar-refractivity contribution in [2.24, 2.45) is 0 Å². The van der Waals surface area contributed by atoms with Crippen LogP contribution in [0.2, 0.25) is 0 Å². The van der Waals surface area contributed by atoms with E-state index in [1.54, 1.807) is 18.7 Å². The number of hydrogen-bond donors (Lipinski definition) is 1. The molecular weight excluding hydrogens is 381 g/mol. The Balaban J connectivity index is 0.00000243. The number of nitrogens with one attached hydrogen (secondary N) is 1. The molecule has 1 unspecified atom stereocenters. The summed E-state index contributed by atoms with van der Waals surface area (Å²) in [6.07, 6.45) is 1.51. The summed E-state index contributed by atoms with van der Waals surface area (Å²) in [6.45, 7) is 5.49. The zero-order valence-electron chi connectivity index (χ0n) is 15.0. The lowest BCUT2D eigenvalue weighted by Gasteiger charge is -2.40. The highest BCUT2D eigenvalue weighted by Crippen LogP contribution is 2.26. The van der Waals surface area contributed by atoms with Crippen LogP contribution in [-0.2, 0) is 14.8 Å². The Morgan fingerprint density at radius 1 is 1.19 bits per heavy atom. The number of hydrogen-bond acceptors (Lipinski definition) is 4. The average molecular weight is 406 g/mol. The Bertz CT molecular complexity index is 764. The molecule has 3 rings (SSSR count). The zero-order chi connectivity index (χ0) is 18.2. The van der Waals surface area contributed by atoms with Crippen molar-refractivity contribution in [3.05, 3.63) is 29.1 Å². The SMILES string of the molecule is Cc1cc(S(=O)(=O)N2CCCC(N3CCNCC3=O)C2)cc(C)c1F.Cl. The smallest absolute Gasteiger partial charge is 0.243 e. The van der Waals surface area contributed by atoms with Crippen molar-refractivity contribution >= 4 is 28.3 Å². The molecule has 2 aliphatic rings. The number of rotatable bonds is 3. The molecule has 2 heterocycles. The Morgan fingerprint density at radius 3 is 2.46 bits per heavy atom. The largest absolute Gasteiger partial charge is 0.336 e. The van der Waals surface area contributed by atoms with Crippen LogP contribution in [-0.4, -0.2) is 62.3 Å². The molecule has 9 heteroatoms. The number of piperazine rings is 1. The molecule has 26 heavy (non-hydrogen) atoms. The maximum absolute atomic E-state index is 13.8. The van der Waals surface area contributed by atoms with Gasteiger partial charge in [-0.15, -0.1) is 12.4 Å². The summed E-state index contributed by atoms with van der Waals surface area (Å²) in [5, 5.41) is 3.03. The van der Waals surface area contributed by atoms with E-state index in [2.05, 4.69) is 5.32 Å². The maximum atomic E-state index is 13.8. The van der Waals surface area contributed by atoms with Gasteiger partial charge in [-0.05, 0) is 49.9 Å². The highest BCUT2D eigenvalue weighted by Gasteiger charge is 2.35. The van der Waals surface area contributed by atoms with E-state index in [0.717, 1.165) is 13.0 Å². The first-order valence-corrected chi connectivity index (χ1v) is 10.0. The maximum Gasteiger partial charge on any atom is 0.243 e. The van der Waals surface area contributed by atoms with Crippen LogP contribution in [0.25, 0.3) is 0 Å². The van der Waals surface area contributed by atoms with Gasteiger partial charge in [0.05, 0.1) is 11.4 Å². The fourth-order valence-corrected chi connectivity index (χ4v) is 5.29. The van der Waals surface area contributed by atoms with Gasteiger partial charge in [0.1, 0.15) is 5.82 Å². The highest BCUT2D eigenvalue weighted by atomic mass is 35.5. The lowest BCUT2D eigenvalue weighted by molar-refractivity contribution is -0.135. The normalized spacial score (nSPS) is 22.2. The van der Waals surface area contributed by atoms with Gasteiger partial charge in [-0.2, -0.15) is 4.31 Å². The van der Waals surface area contributed by atoms with Gasteiger partial charge in [0.15, 0.2) is 0 Å². The van der Waals surface area contributed by atoms with Crippen LogP contribution in [0.3, 0.4) is 0 Å². The number of halogens is 2. The molecule has 2 fully saturated rings. The van der Waals surface area contributed by atoms with E-state index in [0.29, 0.717) is 43.7 Å². The summed E-state index contributed by atoms with van der Waals surface area (Å²) in [4.78, 5) is 14.0. The number of benzene rings is 1. The second-order valence-electron chi connectivity index (χ2n) is 6.79. The summed E-state index contributed by atoms with van der Waals surface area (Å²) < 4.78 is 41.3. The number of aryl methyl sites for hydroxylation is 2. The second-order valence-corrected chi connectivity index (χ2v) is 8.73. The van der Waals surface area contributed by atoms with Gasteiger partial charge in [-0.1, -0.05) is 0 Å². The fourth-order valence-electron chi connectivity index (χ4n) is 3.61. The number of piperidine rings is 1. The van der Waals surface area contributed by atoms with Crippen molar-refractivity contribution in [1.82, 2.24) is 14.5 Å². The molecule has 146 valence electrons. The highest BCUT2D eigenvalue weighted by molar-refractivity contribution is 7.89. The van der Waals surface area contributed by atoms with Crippen LogP contribution < -0.4 is 5.32 Å². The average Bonchev–Trinajstić information content (AvgIpc) is 2.59. The Morgan fingerprint density at radius 2 is 1.85 bits per heavy atom. The van der Waals surface area contributed by atoms with Gasteiger partial charge in [-0.25, -0.2) is 12.8 Å². The first-order valence-electron chi connectivity index (χ1n) is 8.58. The minimum absolute atomic E-state index is 0.